The third-order valence-corrected chi connectivity index (χ3v) is 11.2. The zero-order valence-corrected chi connectivity index (χ0v) is 21.4. The molecule has 0 radical (unpaired) electrons. The van der Waals surface area contributed by atoms with Gasteiger partial charge < -0.3 is 4.57 Å². The largest absolute Gasteiger partial charge is 0.313 e. The van der Waals surface area contributed by atoms with E-state index in [0.717, 1.165) is 21.7 Å². The highest BCUT2D eigenvalue weighted by molar-refractivity contribution is 14.1. The number of halogens is 1. The van der Waals surface area contributed by atoms with Crippen molar-refractivity contribution >= 4 is 55.5 Å². The van der Waals surface area contributed by atoms with E-state index in [2.05, 4.69) is 27.7 Å². The summed E-state index contributed by atoms with van der Waals surface area (Å²) in [6.07, 6.45) is 5.38. The minimum Gasteiger partial charge on any atom is -0.313 e. The molecule has 0 fully saturated rings. The average Bonchev–Trinajstić information content (AvgIpc) is 2.72. The Balaban J connectivity index is 2.47. The number of hydrogen-bond donors (Lipinski definition) is 0. The first-order valence-corrected chi connectivity index (χ1v) is 13.9. The van der Waals surface area contributed by atoms with Crippen LogP contribution in [0.25, 0.3) is 0 Å². The second-order valence-corrected chi connectivity index (χ2v) is 12.9. The predicted octanol–water partition coefficient (Wildman–Crippen LogP) is 5.56. The van der Waals surface area contributed by atoms with Gasteiger partial charge in [-0.2, -0.15) is 8.42 Å². The van der Waals surface area contributed by atoms with E-state index >= 15 is 4.57 Å². The van der Waals surface area contributed by atoms with E-state index in [1.165, 1.54) is 0 Å². The topological polar surface area (TPSA) is 51.2 Å². The van der Waals surface area contributed by atoms with E-state index in [-0.39, 0.29) is 16.7 Å². The second kappa shape index (κ2) is 9.37. The van der Waals surface area contributed by atoms with E-state index in [4.69, 9.17) is 0 Å². The maximum atomic E-state index is 15.3. The Kier molecular flexibility index (Phi) is 7.26. The summed E-state index contributed by atoms with van der Waals surface area (Å²) in [5.41, 5.74) is 1.26. The molecule has 158 valence electrons. The SMILES string of the molecule is CC(C)c1ccccc1P(=O)(c1ccccc1C(C)C)C1C=CC=C(I)C1=S(=O)=O. The van der Waals surface area contributed by atoms with Gasteiger partial charge in [0.2, 0.25) is 10.3 Å². The fraction of sp³-hybridized carbons (Fsp3) is 0.292. The molecule has 0 saturated carbocycles. The maximum Gasteiger partial charge on any atom is 0.219 e. The van der Waals surface area contributed by atoms with Crippen LogP contribution >= 0.6 is 29.7 Å². The van der Waals surface area contributed by atoms with Crippen LogP contribution < -0.4 is 10.6 Å². The molecular formula is C24H26IO3PS. The van der Waals surface area contributed by atoms with Crippen molar-refractivity contribution < 1.29 is 13.0 Å². The van der Waals surface area contributed by atoms with Crippen LogP contribution in [0.3, 0.4) is 0 Å². The first-order valence-electron chi connectivity index (χ1n) is 9.98. The summed E-state index contributed by atoms with van der Waals surface area (Å²) < 4.78 is 40.5. The van der Waals surface area contributed by atoms with E-state index in [1.807, 2.05) is 77.2 Å². The van der Waals surface area contributed by atoms with Gasteiger partial charge in [0, 0.05) is 14.2 Å². The minimum atomic E-state index is -3.39. The van der Waals surface area contributed by atoms with E-state index in [9.17, 15) is 8.42 Å². The summed E-state index contributed by atoms with van der Waals surface area (Å²) >= 11 is 2.03. The summed E-state index contributed by atoms with van der Waals surface area (Å²) in [5.74, 6) is 0.313. The van der Waals surface area contributed by atoms with Crippen LogP contribution in [0.2, 0.25) is 0 Å². The van der Waals surface area contributed by atoms with Gasteiger partial charge in [-0.1, -0.05) is 88.4 Å². The van der Waals surface area contributed by atoms with Crippen LogP contribution in [0.1, 0.15) is 50.7 Å². The van der Waals surface area contributed by atoms with Crippen molar-refractivity contribution in [3.05, 3.63) is 81.5 Å². The van der Waals surface area contributed by atoms with E-state index < -0.39 is 23.1 Å². The lowest BCUT2D eigenvalue weighted by molar-refractivity contribution is 0.585. The molecule has 0 aromatic heterocycles. The molecule has 1 aliphatic carbocycles. The smallest absolute Gasteiger partial charge is 0.219 e. The van der Waals surface area contributed by atoms with E-state index in [0.29, 0.717) is 3.58 Å². The predicted molar refractivity (Wildman–Crippen MR) is 137 cm³/mol. The van der Waals surface area contributed by atoms with Gasteiger partial charge >= 0.3 is 0 Å². The van der Waals surface area contributed by atoms with Crippen molar-refractivity contribution in [3.63, 3.8) is 0 Å². The lowest BCUT2D eigenvalue weighted by atomic mass is 10.0. The van der Waals surface area contributed by atoms with Crippen LogP contribution in [-0.4, -0.2) is 18.9 Å². The van der Waals surface area contributed by atoms with Gasteiger partial charge in [-0.25, -0.2) is 0 Å². The van der Waals surface area contributed by atoms with Gasteiger partial charge in [-0.05, 0) is 51.6 Å². The highest BCUT2D eigenvalue weighted by atomic mass is 127. The molecule has 0 aliphatic heterocycles. The molecule has 0 bridgehead atoms. The second-order valence-electron chi connectivity index (χ2n) is 8.03. The highest BCUT2D eigenvalue weighted by Crippen LogP contribution is 2.54. The number of allylic oxidation sites excluding steroid dienone is 4. The van der Waals surface area contributed by atoms with Crippen molar-refractivity contribution in [2.24, 2.45) is 0 Å². The zero-order valence-electron chi connectivity index (χ0n) is 17.5. The van der Waals surface area contributed by atoms with Gasteiger partial charge in [-0.15, -0.1) is 0 Å². The fourth-order valence-corrected chi connectivity index (χ4v) is 10.3. The standard InChI is InChI=1S/C24H26IO3PS/c1-16(2)18-10-5-7-13-21(18)29(26,22-14-8-6-11-19(22)17(3)4)23-15-9-12-20(25)24(23)30(27)28/h5-17,23H,1-4H3. The lowest BCUT2D eigenvalue weighted by Crippen LogP contribution is -2.35. The Labute approximate surface area is 194 Å². The average molecular weight is 552 g/mol. The Morgan fingerprint density at radius 1 is 0.867 bits per heavy atom. The van der Waals surface area contributed by atoms with Crippen molar-refractivity contribution in [1.82, 2.24) is 0 Å². The van der Waals surface area contributed by atoms with Crippen LogP contribution in [0.5, 0.6) is 0 Å². The zero-order chi connectivity index (χ0) is 22.1. The first-order chi connectivity index (χ1) is 14.2. The summed E-state index contributed by atoms with van der Waals surface area (Å²) in [6, 6.07) is 15.5. The van der Waals surface area contributed by atoms with Crippen LogP contribution in [0.15, 0.2) is 70.3 Å². The Morgan fingerprint density at radius 3 is 1.77 bits per heavy atom. The van der Waals surface area contributed by atoms with Gasteiger partial charge in [0.25, 0.3) is 0 Å². The lowest BCUT2D eigenvalue weighted by Gasteiger charge is -2.32. The summed E-state index contributed by atoms with van der Waals surface area (Å²) in [7, 11) is -5.87. The first kappa shape index (κ1) is 23.2. The van der Waals surface area contributed by atoms with E-state index in [1.54, 1.807) is 12.2 Å². The van der Waals surface area contributed by atoms with Crippen LogP contribution in [-0.2, 0) is 14.9 Å². The molecule has 0 spiro atoms. The van der Waals surface area contributed by atoms with Crippen molar-refractivity contribution in [2.75, 3.05) is 0 Å². The molecule has 0 N–H and O–H groups in total. The normalized spacial score (nSPS) is 16.8. The fourth-order valence-electron chi connectivity index (χ4n) is 4.01. The summed E-state index contributed by atoms with van der Waals surface area (Å²) in [6.45, 7) is 8.31. The molecule has 0 amide bonds. The molecule has 2 aromatic carbocycles. The quantitative estimate of drug-likeness (QED) is 0.278. The molecule has 1 atom stereocenters. The van der Waals surface area contributed by atoms with Gasteiger partial charge in [-0.3, -0.25) is 0 Å². The number of hydrogen-bond acceptors (Lipinski definition) is 3. The monoisotopic (exact) mass is 552 g/mol. The Morgan fingerprint density at radius 2 is 1.33 bits per heavy atom. The Hall–Kier alpha value is -1.43. The van der Waals surface area contributed by atoms with Gasteiger partial charge in [0.15, 0.2) is 7.14 Å². The Bertz CT molecular complexity index is 1140. The molecule has 0 heterocycles. The van der Waals surface area contributed by atoms with Gasteiger partial charge in [0.05, 0.1) is 5.66 Å². The maximum absolute atomic E-state index is 15.3. The van der Waals surface area contributed by atoms with Crippen molar-refractivity contribution in [3.8, 4) is 0 Å². The third-order valence-electron chi connectivity index (χ3n) is 5.44. The summed E-state index contributed by atoms with van der Waals surface area (Å²) in [4.78, 5) is 0.207. The molecular weight excluding hydrogens is 526 g/mol. The highest BCUT2D eigenvalue weighted by Gasteiger charge is 2.43. The molecule has 2 aromatic rings. The van der Waals surface area contributed by atoms with Crippen molar-refractivity contribution in [1.29, 1.82) is 0 Å². The van der Waals surface area contributed by atoms with Crippen molar-refractivity contribution in [2.45, 2.75) is 45.2 Å². The number of benzene rings is 2. The molecule has 1 aliphatic rings. The van der Waals surface area contributed by atoms with Crippen LogP contribution in [0, 0.1) is 0 Å². The molecule has 30 heavy (non-hydrogen) atoms. The van der Waals surface area contributed by atoms with Crippen LogP contribution in [0.4, 0.5) is 0 Å². The van der Waals surface area contributed by atoms with Gasteiger partial charge in [0.1, 0.15) is 4.86 Å². The summed E-state index contributed by atoms with van der Waals surface area (Å²) in [5, 5.41) is 1.49. The third kappa shape index (κ3) is 4.17. The molecule has 6 heteroatoms. The number of rotatable bonds is 5. The molecule has 0 saturated heterocycles. The molecule has 1 unspecified atom stereocenters. The minimum absolute atomic E-state index is 0.157. The molecule has 3 nitrogen and oxygen atoms in total. The molecule has 3 rings (SSSR count).